The van der Waals surface area contributed by atoms with Crippen LogP contribution in [0.3, 0.4) is 0 Å². The van der Waals surface area contributed by atoms with E-state index in [1.165, 1.54) is 5.56 Å². The average Bonchev–Trinajstić information content (AvgIpc) is 2.74. The molecule has 0 aromatic heterocycles. The summed E-state index contributed by atoms with van der Waals surface area (Å²) < 4.78 is 0.909. The second-order valence-corrected chi connectivity index (χ2v) is 6.08. The normalized spacial score (nSPS) is 17.1. The van der Waals surface area contributed by atoms with Crippen LogP contribution in [0.5, 0.6) is 0 Å². The van der Waals surface area contributed by atoms with Gasteiger partial charge >= 0.3 is 0 Å². The predicted molar refractivity (Wildman–Crippen MR) is 88.2 cm³/mol. The second-order valence-electron chi connectivity index (χ2n) is 5.23. The Hall–Kier alpha value is -1.65. The molecule has 3 nitrogen and oxygen atoms in total. The van der Waals surface area contributed by atoms with Crippen molar-refractivity contribution in [2.75, 3.05) is 11.4 Å². The molecular formula is C17H17BrN2O. The summed E-state index contributed by atoms with van der Waals surface area (Å²) >= 11 is 3.49. The number of carbonyl (C=O) groups is 1. The number of benzene rings is 2. The third-order valence-corrected chi connectivity index (χ3v) is 4.55. The molecule has 1 aliphatic rings. The van der Waals surface area contributed by atoms with Gasteiger partial charge in [-0.1, -0.05) is 52.3 Å². The molecular weight excluding hydrogens is 328 g/mol. The van der Waals surface area contributed by atoms with E-state index in [9.17, 15) is 4.79 Å². The first kappa shape index (κ1) is 14.3. The molecule has 0 fully saturated rings. The molecule has 3 rings (SSSR count). The highest BCUT2D eigenvalue weighted by molar-refractivity contribution is 9.10. The highest BCUT2D eigenvalue weighted by Gasteiger charge is 2.35. The molecule has 21 heavy (non-hydrogen) atoms. The lowest BCUT2D eigenvalue weighted by Gasteiger charge is -2.17. The first-order chi connectivity index (χ1) is 10.2. The van der Waals surface area contributed by atoms with E-state index in [4.69, 9.17) is 5.73 Å². The third-order valence-electron chi connectivity index (χ3n) is 3.85. The number of hydrogen-bond acceptors (Lipinski definition) is 2. The SMILES string of the molecule is NC1C(=O)N(CCCc2ccccc2)c2cccc(Br)c21. The molecule has 4 heteroatoms. The van der Waals surface area contributed by atoms with Crippen molar-refractivity contribution in [1.82, 2.24) is 0 Å². The summed E-state index contributed by atoms with van der Waals surface area (Å²) in [5, 5.41) is 0. The van der Waals surface area contributed by atoms with Gasteiger partial charge in [-0.25, -0.2) is 0 Å². The zero-order chi connectivity index (χ0) is 14.8. The molecule has 0 radical (unpaired) electrons. The molecule has 2 aromatic rings. The van der Waals surface area contributed by atoms with Gasteiger partial charge in [-0.2, -0.15) is 0 Å². The van der Waals surface area contributed by atoms with Crippen molar-refractivity contribution < 1.29 is 4.79 Å². The Kier molecular flexibility index (Phi) is 4.08. The molecule has 0 aliphatic carbocycles. The maximum Gasteiger partial charge on any atom is 0.248 e. The second kappa shape index (κ2) is 6.00. The summed E-state index contributed by atoms with van der Waals surface area (Å²) in [5.41, 5.74) is 9.18. The molecule has 1 unspecified atom stereocenters. The zero-order valence-electron chi connectivity index (χ0n) is 11.6. The smallest absolute Gasteiger partial charge is 0.248 e. The Balaban J connectivity index is 1.72. The average molecular weight is 345 g/mol. The largest absolute Gasteiger partial charge is 0.316 e. The molecule has 2 aromatic carbocycles. The predicted octanol–water partition coefficient (Wildman–Crippen LogP) is 3.43. The molecule has 108 valence electrons. The van der Waals surface area contributed by atoms with E-state index >= 15 is 0 Å². The van der Waals surface area contributed by atoms with Crippen LogP contribution in [0.1, 0.15) is 23.6 Å². The summed E-state index contributed by atoms with van der Waals surface area (Å²) in [4.78, 5) is 14.2. The Labute approximate surface area is 132 Å². The molecule has 0 bridgehead atoms. The summed E-state index contributed by atoms with van der Waals surface area (Å²) in [7, 11) is 0. The lowest BCUT2D eigenvalue weighted by Crippen LogP contribution is -2.32. The van der Waals surface area contributed by atoms with Crippen molar-refractivity contribution >= 4 is 27.5 Å². The number of nitrogens with two attached hydrogens (primary N) is 1. The van der Waals surface area contributed by atoms with Gasteiger partial charge in [-0.05, 0) is 30.5 Å². The molecule has 0 saturated carbocycles. The molecule has 0 saturated heterocycles. The highest BCUT2D eigenvalue weighted by Crippen LogP contribution is 2.39. The Morgan fingerprint density at radius 1 is 1.10 bits per heavy atom. The van der Waals surface area contributed by atoms with Crippen LogP contribution in [0.2, 0.25) is 0 Å². The van der Waals surface area contributed by atoms with Crippen molar-refractivity contribution in [1.29, 1.82) is 0 Å². The van der Waals surface area contributed by atoms with Crippen LogP contribution in [0.15, 0.2) is 53.0 Å². The topological polar surface area (TPSA) is 46.3 Å². The Morgan fingerprint density at radius 3 is 2.62 bits per heavy atom. The van der Waals surface area contributed by atoms with Gasteiger partial charge in [0.05, 0.1) is 5.69 Å². The van der Waals surface area contributed by atoms with Gasteiger partial charge in [0.25, 0.3) is 0 Å². The fourth-order valence-electron chi connectivity index (χ4n) is 2.80. The summed E-state index contributed by atoms with van der Waals surface area (Å²) in [5.74, 6) is -0.00929. The number of carbonyl (C=O) groups excluding carboxylic acids is 1. The number of rotatable bonds is 4. The van der Waals surface area contributed by atoms with Crippen LogP contribution in [0.4, 0.5) is 5.69 Å². The maximum atomic E-state index is 12.3. The van der Waals surface area contributed by atoms with Crippen LogP contribution < -0.4 is 10.6 Å². The molecule has 0 spiro atoms. The van der Waals surface area contributed by atoms with E-state index < -0.39 is 6.04 Å². The van der Waals surface area contributed by atoms with Gasteiger partial charge in [0.15, 0.2) is 0 Å². The summed E-state index contributed by atoms with van der Waals surface area (Å²) in [6.45, 7) is 0.699. The highest BCUT2D eigenvalue weighted by atomic mass is 79.9. The van der Waals surface area contributed by atoms with E-state index in [2.05, 4.69) is 28.1 Å². The van der Waals surface area contributed by atoms with Gasteiger partial charge in [0.2, 0.25) is 5.91 Å². The van der Waals surface area contributed by atoms with Crippen LogP contribution in [-0.4, -0.2) is 12.5 Å². The number of aryl methyl sites for hydroxylation is 1. The number of fused-ring (bicyclic) bond motifs is 1. The maximum absolute atomic E-state index is 12.3. The van der Waals surface area contributed by atoms with Crippen molar-refractivity contribution in [2.24, 2.45) is 5.73 Å². The molecule has 1 atom stereocenters. The van der Waals surface area contributed by atoms with Gasteiger partial charge in [0.1, 0.15) is 6.04 Å². The van der Waals surface area contributed by atoms with Crippen molar-refractivity contribution in [2.45, 2.75) is 18.9 Å². The monoisotopic (exact) mass is 344 g/mol. The van der Waals surface area contributed by atoms with Crippen LogP contribution in [0.25, 0.3) is 0 Å². The summed E-state index contributed by atoms with van der Waals surface area (Å²) in [6.07, 6.45) is 1.89. The Morgan fingerprint density at radius 2 is 1.86 bits per heavy atom. The van der Waals surface area contributed by atoms with E-state index in [0.29, 0.717) is 6.54 Å². The fourth-order valence-corrected chi connectivity index (χ4v) is 3.40. The summed E-state index contributed by atoms with van der Waals surface area (Å²) in [6, 6.07) is 15.6. The molecule has 1 amide bonds. The van der Waals surface area contributed by atoms with E-state index in [1.807, 2.05) is 41.3 Å². The minimum atomic E-state index is -0.549. The first-order valence-corrected chi connectivity index (χ1v) is 7.87. The number of halogens is 1. The number of nitrogens with zero attached hydrogens (tertiary/aromatic N) is 1. The zero-order valence-corrected chi connectivity index (χ0v) is 13.2. The van der Waals surface area contributed by atoms with Gasteiger partial charge in [0, 0.05) is 16.6 Å². The van der Waals surface area contributed by atoms with Crippen molar-refractivity contribution in [3.63, 3.8) is 0 Å². The van der Waals surface area contributed by atoms with E-state index in [0.717, 1.165) is 28.6 Å². The quantitative estimate of drug-likeness (QED) is 0.923. The molecule has 1 aliphatic heterocycles. The van der Waals surface area contributed by atoms with Gasteiger partial charge in [-0.3, -0.25) is 4.79 Å². The van der Waals surface area contributed by atoms with Crippen LogP contribution >= 0.6 is 15.9 Å². The van der Waals surface area contributed by atoms with Crippen molar-refractivity contribution in [3.8, 4) is 0 Å². The van der Waals surface area contributed by atoms with Crippen molar-refractivity contribution in [3.05, 3.63) is 64.1 Å². The fraction of sp³-hybridized carbons (Fsp3) is 0.235. The minimum absolute atomic E-state index is 0.00929. The molecule has 1 heterocycles. The van der Waals surface area contributed by atoms with Gasteiger partial charge in [-0.15, -0.1) is 0 Å². The standard InChI is InChI=1S/C17H17BrN2O/c18-13-9-4-10-14-15(13)16(19)17(21)20(14)11-5-8-12-6-2-1-3-7-12/h1-4,6-7,9-10,16H,5,8,11,19H2. The van der Waals surface area contributed by atoms with Crippen LogP contribution in [-0.2, 0) is 11.2 Å². The minimum Gasteiger partial charge on any atom is -0.316 e. The molecule has 2 N–H and O–H groups in total. The van der Waals surface area contributed by atoms with Gasteiger partial charge < -0.3 is 10.6 Å². The Bertz CT molecular complexity index is 657. The lowest BCUT2D eigenvalue weighted by molar-refractivity contribution is -0.119. The number of amides is 1. The van der Waals surface area contributed by atoms with Crippen LogP contribution in [0, 0.1) is 0 Å². The number of anilines is 1. The van der Waals surface area contributed by atoms with E-state index in [-0.39, 0.29) is 5.91 Å². The van der Waals surface area contributed by atoms with E-state index in [1.54, 1.807) is 0 Å². The first-order valence-electron chi connectivity index (χ1n) is 7.08. The third kappa shape index (κ3) is 2.74. The lowest BCUT2D eigenvalue weighted by atomic mass is 10.1. The number of hydrogen-bond donors (Lipinski definition) is 1.